The fourth-order valence-corrected chi connectivity index (χ4v) is 2.71. The van der Waals surface area contributed by atoms with Crippen LogP contribution in [0.25, 0.3) is 0 Å². The molecule has 1 aliphatic rings. The second-order valence-corrected chi connectivity index (χ2v) is 5.50. The summed E-state index contributed by atoms with van der Waals surface area (Å²) in [5.41, 5.74) is 2.40. The molecule has 3 nitrogen and oxygen atoms in total. The van der Waals surface area contributed by atoms with E-state index in [-0.39, 0.29) is 12.2 Å². The van der Waals surface area contributed by atoms with Crippen molar-refractivity contribution in [3.8, 4) is 5.75 Å². The van der Waals surface area contributed by atoms with E-state index in [0.29, 0.717) is 0 Å². The molecule has 1 saturated carbocycles. The summed E-state index contributed by atoms with van der Waals surface area (Å²) in [5.74, 6) is 0.908. The van der Waals surface area contributed by atoms with Gasteiger partial charge in [0, 0.05) is 12.1 Å². The van der Waals surface area contributed by atoms with Gasteiger partial charge in [-0.2, -0.15) is 0 Å². The number of hydrogen-bond donors (Lipinski definition) is 2. The highest BCUT2D eigenvalue weighted by molar-refractivity contribution is 5.37. The summed E-state index contributed by atoms with van der Waals surface area (Å²) in [6, 6.07) is 6.24. The van der Waals surface area contributed by atoms with E-state index < -0.39 is 0 Å². The Kier molecular flexibility index (Phi) is 5.23. The molecule has 2 rings (SSSR count). The molecule has 0 saturated heterocycles. The van der Waals surface area contributed by atoms with Crippen molar-refractivity contribution < 1.29 is 9.84 Å². The molecule has 19 heavy (non-hydrogen) atoms. The largest absolute Gasteiger partial charge is 0.487 e. The van der Waals surface area contributed by atoms with Crippen molar-refractivity contribution in [3.63, 3.8) is 0 Å². The highest BCUT2D eigenvalue weighted by Gasteiger charge is 2.23. The third-order valence-electron chi connectivity index (χ3n) is 3.78. The molecule has 1 aromatic carbocycles. The van der Waals surface area contributed by atoms with Crippen LogP contribution in [0, 0.1) is 6.92 Å². The molecule has 0 amide bonds. The van der Waals surface area contributed by atoms with Crippen LogP contribution in [0.3, 0.4) is 0 Å². The van der Waals surface area contributed by atoms with E-state index in [1.807, 2.05) is 13.1 Å². The molecule has 1 fully saturated rings. The summed E-state index contributed by atoms with van der Waals surface area (Å²) < 4.78 is 6.10. The highest BCUT2D eigenvalue weighted by Crippen LogP contribution is 2.26. The first-order valence-electron chi connectivity index (χ1n) is 7.29. The van der Waals surface area contributed by atoms with Crippen LogP contribution < -0.4 is 10.1 Å². The van der Waals surface area contributed by atoms with Crippen molar-refractivity contribution in [2.75, 3.05) is 7.05 Å². The Bertz CT molecular complexity index is 406. The number of nitrogens with one attached hydrogen (secondary N) is 1. The van der Waals surface area contributed by atoms with Crippen LogP contribution in [-0.2, 0) is 6.54 Å². The second kappa shape index (κ2) is 6.92. The molecule has 0 aromatic heterocycles. The number of hydrogen-bond acceptors (Lipinski definition) is 3. The molecule has 1 aromatic rings. The number of aliphatic hydroxyl groups is 1. The lowest BCUT2D eigenvalue weighted by Gasteiger charge is -2.23. The topological polar surface area (TPSA) is 41.5 Å². The van der Waals surface area contributed by atoms with Gasteiger partial charge in [0.1, 0.15) is 11.9 Å². The van der Waals surface area contributed by atoms with E-state index in [2.05, 4.69) is 24.4 Å². The highest BCUT2D eigenvalue weighted by atomic mass is 16.5. The Labute approximate surface area is 116 Å². The van der Waals surface area contributed by atoms with Crippen molar-refractivity contribution in [2.45, 2.75) is 57.8 Å². The molecular weight excluding hydrogens is 238 g/mol. The number of aryl methyl sites for hydroxylation is 1. The first kappa shape index (κ1) is 14.4. The summed E-state index contributed by atoms with van der Waals surface area (Å²) in [7, 11) is 1.94. The summed E-state index contributed by atoms with van der Waals surface area (Å²) in [6.45, 7) is 2.88. The van der Waals surface area contributed by atoms with E-state index in [9.17, 15) is 5.11 Å². The molecule has 0 radical (unpaired) electrons. The predicted octanol–water partition coefficient (Wildman–Crippen LogP) is 2.79. The number of benzene rings is 1. The maximum Gasteiger partial charge on any atom is 0.124 e. The molecule has 1 aliphatic carbocycles. The summed E-state index contributed by atoms with van der Waals surface area (Å²) >= 11 is 0. The third-order valence-corrected chi connectivity index (χ3v) is 3.78. The van der Waals surface area contributed by atoms with E-state index in [0.717, 1.165) is 38.0 Å². The van der Waals surface area contributed by atoms with Crippen LogP contribution in [0.2, 0.25) is 0 Å². The fraction of sp³-hybridized carbons (Fsp3) is 0.625. The SMILES string of the molecule is CNCc1cc(C)ccc1OC1CCCCCC1O. The minimum Gasteiger partial charge on any atom is -0.487 e. The maximum atomic E-state index is 10.1. The van der Waals surface area contributed by atoms with E-state index >= 15 is 0 Å². The molecule has 0 spiro atoms. The Morgan fingerprint density at radius 2 is 2.05 bits per heavy atom. The van der Waals surface area contributed by atoms with E-state index in [1.54, 1.807) is 0 Å². The van der Waals surface area contributed by atoms with Crippen LogP contribution >= 0.6 is 0 Å². The molecule has 2 atom stereocenters. The van der Waals surface area contributed by atoms with E-state index in [4.69, 9.17) is 4.74 Å². The van der Waals surface area contributed by atoms with Gasteiger partial charge in [0.25, 0.3) is 0 Å². The van der Waals surface area contributed by atoms with Crippen molar-refractivity contribution in [2.24, 2.45) is 0 Å². The Balaban J connectivity index is 2.12. The molecule has 0 bridgehead atoms. The maximum absolute atomic E-state index is 10.1. The van der Waals surface area contributed by atoms with Crippen LogP contribution in [0.4, 0.5) is 0 Å². The average molecular weight is 263 g/mol. The summed E-state index contributed by atoms with van der Waals surface area (Å²) in [6.07, 6.45) is 4.89. The quantitative estimate of drug-likeness (QED) is 0.821. The van der Waals surface area contributed by atoms with Crippen molar-refractivity contribution in [3.05, 3.63) is 29.3 Å². The molecule has 0 heterocycles. The monoisotopic (exact) mass is 263 g/mol. The normalized spacial score (nSPS) is 23.9. The first-order chi connectivity index (χ1) is 9.20. The summed E-state index contributed by atoms with van der Waals surface area (Å²) in [4.78, 5) is 0. The lowest BCUT2D eigenvalue weighted by atomic mass is 10.1. The number of rotatable bonds is 4. The van der Waals surface area contributed by atoms with Gasteiger partial charge >= 0.3 is 0 Å². The fourth-order valence-electron chi connectivity index (χ4n) is 2.71. The molecule has 0 aliphatic heterocycles. The van der Waals surface area contributed by atoms with Gasteiger partial charge < -0.3 is 15.2 Å². The average Bonchev–Trinajstić information content (AvgIpc) is 2.58. The molecule has 3 heteroatoms. The zero-order valence-corrected chi connectivity index (χ0v) is 12.0. The minimum absolute atomic E-state index is 0.0548. The second-order valence-electron chi connectivity index (χ2n) is 5.50. The first-order valence-corrected chi connectivity index (χ1v) is 7.29. The summed E-state index contributed by atoms with van der Waals surface area (Å²) in [5, 5.41) is 13.3. The Morgan fingerprint density at radius 1 is 1.26 bits per heavy atom. The predicted molar refractivity (Wildman–Crippen MR) is 77.5 cm³/mol. The van der Waals surface area contributed by atoms with Crippen molar-refractivity contribution in [1.29, 1.82) is 0 Å². The number of ether oxygens (including phenoxy) is 1. The van der Waals surface area contributed by atoms with Gasteiger partial charge in [-0.3, -0.25) is 0 Å². The van der Waals surface area contributed by atoms with Gasteiger partial charge in [0.05, 0.1) is 6.10 Å². The zero-order chi connectivity index (χ0) is 13.7. The van der Waals surface area contributed by atoms with Gasteiger partial charge in [-0.25, -0.2) is 0 Å². The lowest BCUT2D eigenvalue weighted by molar-refractivity contribution is 0.0314. The minimum atomic E-state index is -0.328. The Hall–Kier alpha value is -1.06. The van der Waals surface area contributed by atoms with Gasteiger partial charge in [0.2, 0.25) is 0 Å². The lowest BCUT2D eigenvalue weighted by Crippen LogP contribution is -2.31. The van der Waals surface area contributed by atoms with Crippen molar-refractivity contribution >= 4 is 0 Å². The van der Waals surface area contributed by atoms with Gasteiger partial charge in [-0.05, 0) is 39.3 Å². The smallest absolute Gasteiger partial charge is 0.124 e. The third kappa shape index (κ3) is 3.95. The molecule has 106 valence electrons. The molecule has 2 N–H and O–H groups in total. The van der Waals surface area contributed by atoms with E-state index in [1.165, 1.54) is 17.5 Å². The Morgan fingerprint density at radius 3 is 2.84 bits per heavy atom. The van der Waals surface area contributed by atoms with Gasteiger partial charge in [0.15, 0.2) is 0 Å². The molecular formula is C16H25NO2. The standard InChI is InChI=1S/C16H25NO2/c1-12-8-9-15(13(10-12)11-17-2)19-16-7-5-3-4-6-14(16)18/h8-10,14,16-18H,3-7,11H2,1-2H3. The zero-order valence-electron chi connectivity index (χ0n) is 12.0. The van der Waals surface area contributed by atoms with Crippen LogP contribution in [0.15, 0.2) is 18.2 Å². The molecule has 2 unspecified atom stereocenters. The van der Waals surface area contributed by atoms with Gasteiger partial charge in [-0.15, -0.1) is 0 Å². The van der Waals surface area contributed by atoms with Crippen LogP contribution in [-0.4, -0.2) is 24.4 Å². The number of aliphatic hydroxyl groups excluding tert-OH is 1. The van der Waals surface area contributed by atoms with Crippen LogP contribution in [0.5, 0.6) is 5.75 Å². The van der Waals surface area contributed by atoms with Crippen LogP contribution in [0.1, 0.15) is 43.2 Å². The van der Waals surface area contributed by atoms with Crippen molar-refractivity contribution in [1.82, 2.24) is 5.32 Å². The van der Waals surface area contributed by atoms with Gasteiger partial charge in [-0.1, -0.05) is 30.5 Å².